The Morgan fingerprint density at radius 1 is 1.31 bits per heavy atom. The molecule has 4 heterocycles. The van der Waals surface area contributed by atoms with E-state index in [0.717, 1.165) is 0 Å². The van der Waals surface area contributed by atoms with Gasteiger partial charge in [0, 0.05) is 18.6 Å². The number of hydrogen-bond donors (Lipinski definition) is 2. The molecule has 0 amide bonds. The second kappa shape index (κ2) is 7.51. The molecule has 1 atom stereocenters. The summed E-state index contributed by atoms with van der Waals surface area (Å²) in [6.07, 6.45) is 6.38. The van der Waals surface area contributed by atoms with Gasteiger partial charge in [0.25, 0.3) is 5.56 Å². The number of H-pyrrole nitrogens is 1. The third-order valence-electron chi connectivity index (χ3n) is 5.25. The molecule has 1 unspecified atom stereocenters. The highest BCUT2D eigenvalue weighted by molar-refractivity contribution is 6.33. The second-order valence-electron chi connectivity index (χ2n) is 7.22. The molecule has 0 saturated heterocycles. The van der Waals surface area contributed by atoms with E-state index in [-0.39, 0.29) is 11.1 Å². The van der Waals surface area contributed by atoms with Gasteiger partial charge in [-0.1, -0.05) is 17.7 Å². The van der Waals surface area contributed by atoms with Gasteiger partial charge in [0.15, 0.2) is 0 Å². The zero-order valence-electron chi connectivity index (χ0n) is 16.7. The fourth-order valence-corrected chi connectivity index (χ4v) is 4.03. The largest absolute Gasteiger partial charge is 0.361 e. The summed E-state index contributed by atoms with van der Waals surface area (Å²) in [5, 5.41) is 13.5. The summed E-state index contributed by atoms with van der Waals surface area (Å²) in [4.78, 5) is 24.8. The number of aromatic nitrogens is 5. The molecule has 0 aliphatic rings. The number of nitriles is 1. The topological polar surface area (TPSA) is 104 Å². The van der Waals surface area contributed by atoms with Crippen molar-refractivity contribution in [3.05, 3.63) is 87.7 Å². The van der Waals surface area contributed by atoms with E-state index >= 15 is 0 Å². The summed E-state index contributed by atoms with van der Waals surface area (Å²) < 4.78 is 17.1. The first-order valence-electron chi connectivity index (χ1n) is 9.64. The number of nitrogens with zero attached hydrogens (tertiary/aromatic N) is 5. The van der Waals surface area contributed by atoms with E-state index in [1.54, 1.807) is 35.1 Å². The first-order valence-corrected chi connectivity index (χ1v) is 10.0. The summed E-state index contributed by atoms with van der Waals surface area (Å²) in [6.45, 7) is 1.84. The molecule has 1 aromatic carbocycles. The van der Waals surface area contributed by atoms with Gasteiger partial charge in [-0.15, -0.1) is 0 Å². The summed E-state index contributed by atoms with van der Waals surface area (Å²) >= 11 is 6.24. The minimum atomic E-state index is -0.467. The molecule has 0 bridgehead atoms. The fraction of sp³-hybridized carbons (Fsp3) is 0.0909. The molecule has 0 spiro atoms. The van der Waals surface area contributed by atoms with Crippen LogP contribution in [0.5, 0.6) is 0 Å². The molecule has 5 rings (SSSR count). The molecule has 0 fully saturated rings. The number of aromatic amines is 1. The van der Waals surface area contributed by atoms with Crippen LogP contribution in [0.4, 0.5) is 10.2 Å². The monoisotopic (exact) mass is 447 g/mol. The molecule has 32 heavy (non-hydrogen) atoms. The minimum absolute atomic E-state index is 0.286. The van der Waals surface area contributed by atoms with Crippen molar-refractivity contribution < 1.29 is 4.39 Å². The molecule has 158 valence electrons. The normalized spacial score (nSPS) is 12.2. The van der Waals surface area contributed by atoms with E-state index in [4.69, 9.17) is 11.6 Å². The second-order valence-corrected chi connectivity index (χ2v) is 7.63. The van der Waals surface area contributed by atoms with Crippen LogP contribution >= 0.6 is 11.6 Å². The van der Waals surface area contributed by atoms with Crippen LogP contribution in [0, 0.1) is 17.1 Å². The molecule has 10 heteroatoms. The number of rotatable bonds is 4. The predicted octanol–water partition coefficient (Wildman–Crippen LogP) is 4.20. The Kier molecular flexibility index (Phi) is 4.64. The van der Waals surface area contributed by atoms with Crippen LogP contribution in [0.1, 0.15) is 24.2 Å². The highest BCUT2D eigenvalue weighted by Gasteiger charge is 2.20. The zero-order valence-corrected chi connectivity index (χ0v) is 17.4. The molecule has 8 nitrogen and oxygen atoms in total. The molecule has 4 aromatic heterocycles. The lowest BCUT2D eigenvalue weighted by molar-refractivity contribution is 0.625. The Hall–Kier alpha value is -4.16. The van der Waals surface area contributed by atoms with Crippen LogP contribution in [-0.4, -0.2) is 23.9 Å². The van der Waals surface area contributed by atoms with Crippen LogP contribution in [0.15, 0.2) is 60.0 Å². The van der Waals surface area contributed by atoms with Crippen LogP contribution in [-0.2, 0) is 0 Å². The van der Waals surface area contributed by atoms with Crippen molar-refractivity contribution in [1.29, 1.82) is 5.26 Å². The van der Waals surface area contributed by atoms with Crippen LogP contribution in [0.3, 0.4) is 0 Å². The van der Waals surface area contributed by atoms with Crippen molar-refractivity contribution in [2.45, 2.75) is 13.0 Å². The number of benzene rings is 1. The maximum Gasteiger partial charge on any atom is 0.281 e. The van der Waals surface area contributed by atoms with Gasteiger partial charge < -0.3 is 14.7 Å². The van der Waals surface area contributed by atoms with Crippen molar-refractivity contribution in [2.75, 3.05) is 5.32 Å². The fourth-order valence-electron chi connectivity index (χ4n) is 3.79. The van der Waals surface area contributed by atoms with Crippen molar-refractivity contribution in [3.63, 3.8) is 0 Å². The molecular weight excluding hydrogens is 433 g/mol. The maximum atomic E-state index is 14.0. The number of anilines is 1. The molecule has 0 aliphatic carbocycles. The lowest BCUT2D eigenvalue weighted by Crippen LogP contribution is -2.27. The van der Waals surface area contributed by atoms with Gasteiger partial charge in [-0.3, -0.25) is 9.36 Å². The zero-order chi connectivity index (χ0) is 22.4. The van der Waals surface area contributed by atoms with Gasteiger partial charge in [-0.2, -0.15) is 5.26 Å². The average molecular weight is 448 g/mol. The molecule has 0 saturated carbocycles. The molecule has 0 aliphatic heterocycles. The summed E-state index contributed by atoms with van der Waals surface area (Å²) in [5.74, 6) is -0.0324. The molecule has 2 N–H and O–H groups in total. The highest BCUT2D eigenvalue weighted by Crippen LogP contribution is 2.28. The van der Waals surface area contributed by atoms with Gasteiger partial charge in [-0.05, 0) is 31.2 Å². The predicted molar refractivity (Wildman–Crippen MR) is 119 cm³/mol. The lowest BCUT2D eigenvalue weighted by Gasteiger charge is -2.21. The molecular formula is C22H15ClFN7O. The highest BCUT2D eigenvalue weighted by atomic mass is 35.5. The van der Waals surface area contributed by atoms with Crippen LogP contribution in [0.2, 0.25) is 5.02 Å². The van der Waals surface area contributed by atoms with Gasteiger partial charge in [-0.25, -0.2) is 14.4 Å². The smallest absolute Gasteiger partial charge is 0.281 e. The average Bonchev–Trinajstić information content (AvgIpc) is 3.37. The molecule has 5 aromatic rings. The van der Waals surface area contributed by atoms with E-state index in [0.29, 0.717) is 38.8 Å². The Balaban J connectivity index is 1.70. The Labute approximate surface area is 185 Å². The number of halogens is 2. The van der Waals surface area contributed by atoms with Gasteiger partial charge in [0.1, 0.15) is 35.2 Å². The van der Waals surface area contributed by atoms with E-state index in [9.17, 15) is 14.4 Å². The summed E-state index contributed by atoms with van der Waals surface area (Å²) in [6, 6.07) is 9.07. The Morgan fingerprint density at radius 2 is 2.16 bits per heavy atom. The summed E-state index contributed by atoms with van der Waals surface area (Å²) in [7, 11) is 0. The van der Waals surface area contributed by atoms with Gasteiger partial charge in [0.2, 0.25) is 0 Å². The Morgan fingerprint density at radius 3 is 2.94 bits per heavy atom. The summed E-state index contributed by atoms with van der Waals surface area (Å²) in [5.41, 5.74) is 1.72. The minimum Gasteiger partial charge on any atom is -0.361 e. The van der Waals surface area contributed by atoms with E-state index in [1.807, 2.05) is 6.92 Å². The third-order valence-corrected chi connectivity index (χ3v) is 5.56. The maximum absolute atomic E-state index is 14.0. The lowest BCUT2D eigenvalue weighted by atomic mass is 10.2. The van der Waals surface area contributed by atoms with Gasteiger partial charge >= 0.3 is 0 Å². The van der Waals surface area contributed by atoms with E-state index < -0.39 is 11.9 Å². The quantitative estimate of drug-likeness (QED) is 0.429. The standard InChI is InChI=1S/C22H15ClFN7O/c1-12(29-21-18-13(8-25)9-26-20(18)27-11-28-21)17-10-30-6-5-16(23)19(30)22(32)31(17)15-4-2-3-14(24)7-15/h2-7,9-12H,1H3,(H2,26,27,28,29). The van der Waals surface area contributed by atoms with Gasteiger partial charge in [0.05, 0.1) is 33.4 Å². The molecule has 0 radical (unpaired) electrons. The first-order chi connectivity index (χ1) is 15.5. The van der Waals surface area contributed by atoms with E-state index in [2.05, 4.69) is 26.3 Å². The van der Waals surface area contributed by atoms with Crippen molar-refractivity contribution in [1.82, 2.24) is 23.9 Å². The number of nitrogens with one attached hydrogen (secondary N) is 2. The van der Waals surface area contributed by atoms with Crippen LogP contribution in [0.25, 0.3) is 22.2 Å². The Bertz CT molecular complexity index is 1590. The van der Waals surface area contributed by atoms with Crippen LogP contribution < -0.4 is 10.9 Å². The van der Waals surface area contributed by atoms with Crippen molar-refractivity contribution in [3.8, 4) is 11.8 Å². The SMILES string of the molecule is CC(Nc1ncnc2[nH]cc(C#N)c12)c1cn2ccc(Cl)c2c(=O)n1-c1cccc(F)c1. The third kappa shape index (κ3) is 3.09. The van der Waals surface area contributed by atoms with Crippen molar-refractivity contribution in [2.24, 2.45) is 0 Å². The van der Waals surface area contributed by atoms with Crippen molar-refractivity contribution >= 4 is 34.0 Å². The number of fused-ring (bicyclic) bond motifs is 2. The first kappa shape index (κ1) is 19.8. The van der Waals surface area contributed by atoms with E-state index in [1.165, 1.54) is 29.1 Å². The number of hydrogen-bond acceptors (Lipinski definition) is 5.